The van der Waals surface area contributed by atoms with Gasteiger partial charge in [0, 0.05) is 23.0 Å². The van der Waals surface area contributed by atoms with Gasteiger partial charge in [0.2, 0.25) is 5.91 Å². The average Bonchev–Trinajstić information content (AvgIpc) is 3.56. The van der Waals surface area contributed by atoms with Crippen molar-refractivity contribution >= 4 is 23.3 Å². The molecule has 1 unspecified atom stereocenters. The van der Waals surface area contributed by atoms with Crippen LogP contribution in [-0.2, 0) is 22.3 Å². The molecule has 2 N–H and O–H groups in total. The molecular weight excluding hydrogens is 473 g/mol. The zero-order chi connectivity index (χ0) is 24.6. The fraction of sp³-hybridized carbons (Fsp3) is 0.304. The minimum absolute atomic E-state index is 0.0200. The molecule has 0 spiro atoms. The zero-order valence-corrected chi connectivity index (χ0v) is 18.5. The van der Waals surface area contributed by atoms with Crippen molar-refractivity contribution in [1.29, 1.82) is 0 Å². The summed E-state index contributed by atoms with van der Waals surface area (Å²) in [5, 5.41) is 4.84. The Hall–Kier alpha value is -3.40. The summed E-state index contributed by atoms with van der Waals surface area (Å²) in [5.74, 6) is -2.38. The van der Waals surface area contributed by atoms with Gasteiger partial charge >= 0.3 is 11.9 Å². The van der Waals surface area contributed by atoms with Crippen LogP contribution in [0.1, 0.15) is 42.3 Å². The number of carbonyl (C=O) groups excluding carboxylic acids is 2. The maximum Gasteiger partial charge on any atom is 0.416 e. The molecule has 0 saturated heterocycles. The summed E-state index contributed by atoms with van der Waals surface area (Å²) in [7, 11) is 0. The minimum Gasteiger partial charge on any atom is -0.369 e. The van der Waals surface area contributed by atoms with Gasteiger partial charge in [0.25, 0.3) is 0 Å². The molecule has 0 aliphatic heterocycles. The molecule has 3 aromatic rings. The number of Topliss-reactive ketones (excluding diaryl/α,β-unsaturated/α-hetero) is 1. The van der Waals surface area contributed by atoms with Gasteiger partial charge in [0.15, 0.2) is 11.6 Å². The van der Waals surface area contributed by atoms with Crippen LogP contribution < -0.4 is 11.4 Å². The summed E-state index contributed by atoms with van der Waals surface area (Å²) < 4.78 is 41.7. The lowest BCUT2D eigenvalue weighted by Crippen LogP contribution is -2.30. The van der Waals surface area contributed by atoms with Gasteiger partial charge in [0.05, 0.1) is 11.5 Å². The molecule has 178 valence electrons. The van der Waals surface area contributed by atoms with Gasteiger partial charge in [-0.15, -0.1) is 5.10 Å². The molecule has 1 heterocycles. The minimum atomic E-state index is -4.61. The number of nitrogens with zero attached hydrogens (tertiary/aromatic N) is 3. The number of alkyl halides is 3. The Morgan fingerprint density at radius 3 is 2.41 bits per heavy atom. The lowest BCUT2D eigenvalue weighted by molar-refractivity contribution is -0.137. The van der Waals surface area contributed by atoms with E-state index in [2.05, 4.69) is 5.10 Å². The van der Waals surface area contributed by atoms with E-state index in [0.29, 0.717) is 16.4 Å². The fourth-order valence-electron chi connectivity index (χ4n) is 3.75. The largest absolute Gasteiger partial charge is 0.416 e. The summed E-state index contributed by atoms with van der Waals surface area (Å²) in [6.45, 7) is -0.443. The molecule has 1 aliphatic carbocycles. The topological polar surface area (TPSA) is 100.0 Å². The van der Waals surface area contributed by atoms with Crippen molar-refractivity contribution in [2.75, 3.05) is 0 Å². The molecule has 0 radical (unpaired) electrons. The number of amides is 1. The van der Waals surface area contributed by atoms with Crippen LogP contribution in [-0.4, -0.2) is 26.0 Å². The Bertz CT molecular complexity index is 1290. The number of hydrogen-bond acceptors (Lipinski definition) is 4. The summed E-state index contributed by atoms with van der Waals surface area (Å²) in [6.07, 6.45) is -3.46. The monoisotopic (exact) mass is 492 g/mol. The van der Waals surface area contributed by atoms with E-state index in [0.717, 1.165) is 35.7 Å². The van der Waals surface area contributed by atoms with Crippen molar-refractivity contribution in [1.82, 2.24) is 14.3 Å². The predicted molar refractivity (Wildman–Crippen MR) is 118 cm³/mol. The van der Waals surface area contributed by atoms with Crippen molar-refractivity contribution in [2.24, 2.45) is 5.73 Å². The van der Waals surface area contributed by atoms with Crippen LogP contribution in [0.4, 0.5) is 13.2 Å². The second kappa shape index (κ2) is 9.09. The van der Waals surface area contributed by atoms with Crippen LogP contribution in [0, 0.1) is 0 Å². The number of nitrogens with two attached hydrogens (primary N) is 1. The second-order valence-corrected chi connectivity index (χ2v) is 8.63. The van der Waals surface area contributed by atoms with Crippen molar-refractivity contribution in [3.63, 3.8) is 0 Å². The van der Waals surface area contributed by atoms with Gasteiger partial charge in [-0.1, -0.05) is 29.8 Å². The molecule has 1 saturated carbocycles. The average molecular weight is 493 g/mol. The third-order valence-electron chi connectivity index (χ3n) is 5.60. The predicted octanol–water partition coefficient (Wildman–Crippen LogP) is 3.95. The normalized spacial score (nSPS) is 14.7. The van der Waals surface area contributed by atoms with E-state index in [1.54, 1.807) is 24.3 Å². The second-order valence-electron chi connectivity index (χ2n) is 8.19. The molecule has 1 atom stereocenters. The van der Waals surface area contributed by atoms with Crippen molar-refractivity contribution in [3.8, 4) is 11.4 Å². The van der Waals surface area contributed by atoms with Crippen LogP contribution in [0.5, 0.6) is 0 Å². The summed E-state index contributed by atoms with van der Waals surface area (Å²) >= 11 is 5.94. The summed E-state index contributed by atoms with van der Waals surface area (Å²) in [5.41, 5.74) is 4.60. The number of primary amides is 1. The van der Waals surface area contributed by atoms with E-state index in [1.165, 1.54) is 10.6 Å². The molecule has 34 heavy (non-hydrogen) atoms. The Kier molecular flexibility index (Phi) is 6.35. The van der Waals surface area contributed by atoms with Gasteiger partial charge in [0.1, 0.15) is 6.54 Å². The van der Waals surface area contributed by atoms with Crippen LogP contribution in [0.3, 0.4) is 0 Å². The van der Waals surface area contributed by atoms with Gasteiger partial charge in [-0.2, -0.15) is 13.2 Å². The number of hydrogen-bond donors (Lipinski definition) is 1. The van der Waals surface area contributed by atoms with Gasteiger partial charge in [-0.3, -0.25) is 14.2 Å². The molecule has 1 fully saturated rings. The molecule has 0 bridgehead atoms. The number of benzene rings is 2. The highest BCUT2D eigenvalue weighted by Crippen LogP contribution is 2.37. The van der Waals surface area contributed by atoms with E-state index in [1.807, 2.05) is 0 Å². The first-order valence-electron chi connectivity index (χ1n) is 10.5. The van der Waals surface area contributed by atoms with Crippen molar-refractivity contribution in [2.45, 2.75) is 43.9 Å². The third kappa shape index (κ3) is 5.06. The number of rotatable bonds is 8. The van der Waals surface area contributed by atoms with E-state index in [9.17, 15) is 27.6 Å². The quantitative estimate of drug-likeness (QED) is 0.514. The Morgan fingerprint density at radius 2 is 1.82 bits per heavy atom. The molecule has 1 aromatic heterocycles. The first kappa shape index (κ1) is 23.7. The maximum atomic E-state index is 13.1. The van der Waals surface area contributed by atoms with Crippen molar-refractivity contribution < 1.29 is 22.8 Å². The first-order valence-corrected chi connectivity index (χ1v) is 10.9. The summed E-state index contributed by atoms with van der Waals surface area (Å²) in [4.78, 5) is 37.7. The third-order valence-corrected chi connectivity index (χ3v) is 5.85. The highest BCUT2D eigenvalue weighted by atomic mass is 35.5. The van der Waals surface area contributed by atoms with E-state index >= 15 is 0 Å². The Labute approximate surface area is 196 Å². The number of carbonyl (C=O) groups is 2. The molecule has 4 rings (SSSR count). The van der Waals surface area contributed by atoms with Gasteiger partial charge < -0.3 is 5.73 Å². The lowest BCUT2D eigenvalue weighted by Gasteiger charge is -2.15. The smallest absolute Gasteiger partial charge is 0.369 e. The van der Waals surface area contributed by atoms with E-state index < -0.39 is 48.0 Å². The molecule has 7 nitrogen and oxygen atoms in total. The van der Waals surface area contributed by atoms with Crippen LogP contribution in [0.15, 0.2) is 53.3 Å². The highest BCUT2D eigenvalue weighted by Gasteiger charge is 2.33. The number of ketones is 1. The van der Waals surface area contributed by atoms with Crippen LogP contribution in [0.25, 0.3) is 11.4 Å². The van der Waals surface area contributed by atoms with Gasteiger partial charge in [-0.25, -0.2) is 9.48 Å². The Balaban J connectivity index is 1.59. The van der Waals surface area contributed by atoms with E-state index in [-0.39, 0.29) is 11.6 Å². The lowest BCUT2D eigenvalue weighted by atomic mass is 9.91. The number of aromatic nitrogens is 3. The molecule has 1 aliphatic rings. The van der Waals surface area contributed by atoms with Crippen LogP contribution >= 0.6 is 11.6 Å². The molecule has 1 amide bonds. The zero-order valence-electron chi connectivity index (χ0n) is 17.8. The highest BCUT2D eigenvalue weighted by molar-refractivity contribution is 6.30. The number of halogens is 4. The Morgan fingerprint density at radius 1 is 1.15 bits per heavy atom. The molecule has 2 aromatic carbocycles. The molecular formula is C23H20ClF3N4O3. The van der Waals surface area contributed by atoms with E-state index in [4.69, 9.17) is 17.3 Å². The standard InChI is InChI=1S/C23H20ClF3N4O3/c24-16-6-4-13(5-7-16)21-29-30(22(34)31(21)17-8-9-17)12-18(32)11-19(20(28)33)14-2-1-3-15(10-14)23(25,26)27/h1-7,10,17,19H,8-9,11-12H2,(H2,28,33). The SMILES string of the molecule is NC(=O)C(CC(=O)Cn1nc(-c2ccc(Cl)cc2)n(C2CC2)c1=O)c1cccc(C(F)(F)F)c1. The first-order chi connectivity index (χ1) is 16.0. The maximum absolute atomic E-state index is 13.1. The van der Waals surface area contributed by atoms with Crippen molar-refractivity contribution in [3.05, 3.63) is 75.2 Å². The van der Waals surface area contributed by atoms with Crippen LogP contribution in [0.2, 0.25) is 5.02 Å². The molecule has 11 heteroatoms. The summed E-state index contributed by atoms with van der Waals surface area (Å²) in [6, 6.07) is 10.9. The fourth-order valence-corrected chi connectivity index (χ4v) is 3.88. The van der Waals surface area contributed by atoms with Gasteiger partial charge in [-0.05, 0) is 48.7 Å².